The normalized spacial score (nSPS) is 12.5. The number of hydrogen-bond donors (Lipinski definition) is 2. The van der Waals surface area contributed by atoms with E-state index >= 15 is 0 Å². The summed E-state index contributed by atoms with van der Waals surface area (Å²) >= 11 is 6.34. The average Bonchev–Trinajstić information content (AvgIpc) is 2.94. The molecule has 1 atom stereocenters. The maximum Gasteiger partial charge on any atom is 0.0681 e. The fourth-order valence-corrected chi connectivity index (χ4v) is 3.12. The molecule has 1 aromatic carbocycles. The Bertz CT molecular complexity index is 485. The molecule has 0 aliphatic heterocycles. The first kappa shape index (κ1) is 14.6. The lowest BCUT2D eigenvalue weighted by atomic mass is 10.1. The van der Waals surface area contributed by atoms with E-state index in [-0.39, 0.29) is 6.04 Å². The van der Waals surface area contributed by atoms with Crippen LogP contribution in [0.5, 0.6) is 0 Å². The summed E-state index contributed by atoms with van der Waals surface area (Å²) in [7, 11) is 1.74. The highest BCUT2D eigenvalue weighted by Gasteiger charge is 2.16. The summed E-state index contributed by atoms with van der Waals surface area (Å²) in [5, 5.41) is 5.71. The van der Waals surface area contributed by atoms with Crippen LogP contribution >= 0.6 is 24.0 Å². The number of thiophene rings is 1. The Kier molecular flexibility index (Phi) is 5.92. The molecule has 0 aliphatic carbocycles. The molecular weight excluding hydrogens is 274 g/mol. The van der Waals surface area contributed by atoms with Crippen LogP contribution in [0.15, 0.2) is 46.7 Å². The Labute approximate surface area is 124 Å². The van der Waals surface area contributed by atoms with Crippen LogP contribution in [0.2, 0.25) is 0 Å². The second kappa shape index (κ2) is 7.70. The summed E-state index contributed by atoms with van der Waals surface area (Å²) in [6, 6.07) is 12.7. The van der Waals surface area contributed by atoms with Crippen molar-refractivity contribution in [2.24, 2.45) is 0 Å². The fraction of sp³-hybridized carbons (Fsp3) is 0.333. The van der Waals surface area contributed by atoms with Gasteiger partial charge in [0, 0.05) is 23.5 Å². The van der Waals surface area contributed by atoms with Gasteiger partial charge in [-0.3, -0.25) is 0 Å². The number of hydrogen-bond acceptors (Lipinski definition) is 4. The third kappa shape index (κ3) is 4.08. The molecule has 0 amide bonds. The van der Waals surface area contributed by atoms with Crippen molar-refractivity contribution in [3.63, 3.8) is 0 Å². The van der Waals surface area contributed by atoms with Gasteiger partial charge in [-0.1, -0.05) is 24.3 Å². The van der Waals surface area contributed by atoms with Crippen LogP contribution in [0, 0.1) is 0 Å². The highest BCUT2D eigenvalue weighted by Crippen LogP contribution is 2.29. The van der Waals surface area contributed by atoms with Gasteiger partial charge in [0.1, 0.15) is 0 Å². The van der Waals surface area contributed by atoms with Crippen LogP contribution in [0.25, 0.3) is 0 Å². The first-order valence-electron chi connectivity index (χ1n) is 6.36. The Morgan fingerprint density at radius 1 is 1.26 bits per heavy atom. The monoisotopic (exact) mass is 293 g/mol. The summed E-state index contributed by atoms with van der Waals surface area (Å²) in [6.45, 7) is 1.71. The minimum atomic E-state index is 0.213. The Morgan fingerprint density at radius 3 is 2.79 bits per heavy atom. The summed E-state index contributed by atoms with van der Waals surface area (Å²) in [5.74, 6) is 0. The van der Waals surface area contributed by atoms with E-state index in [1.807, 2.05) is 12.1 Å². The molecule has 2 nitrogen and oxygen atoms in total. The van der Waals surface area contributed by atoms with Crippen molar-refractivity contribution in [1.29, 1.82) is 0 Å². The maximum absolute atomic E-state index is 5.09. The third-order valence-corrected chi connectivity index (χ3v) is 4.29. The molecule has 1 aromatic heterocycles. The Morgan fingerprint density at radius 2 is 2.11 bits per heavy atom. The topological polar surface area (TPSA) is 21.3 Å². The number of ether oxygens (including phenoxy) is 1. The summed E-state index contributed by atoms with van der Waals surface area (Å²) in [5.41, 5.74) is 1.23. The summed E-state index contributed by atoms with van der Waals surface area (Å²) in [4.78, 5) is 2.35. The molecule has 0 bridgehead atoms. The number of nitrogens with one attached hydrogen (secondary N) is 1. The standard InChI is InChI=1S/C15H19NOS2/c1-17-10-5-9-16-15(14-8-4-11-19-14)12-6-2-3-7-13(12)18/h2-4,6-8,11,15-16,18H,5,9-10H2,1H3. The van der Waals surface area contributed by atoms with Crippen LogP contribution in [0.1, 0.15) is 22.9 Å². The minimum Gasteiger partial charge on any atom is -0.385 e. The van der Waals surface area contributed by atoms with Gasteiger partial charge >= 0.3 is 0 Å². The quantitative estimate of drug-likeness (QED) is 0.599. The average molecular weight is 293 g/mol. The van der Waals surface area contributed by atoms with E-state index in [9.17, 15) is 0 Å². The summed E-state index contributed by atoms with van der Waals surface area (Å²) < 4.78 is 5.09. The first-order chi connectivity index (χ1) is 9.33. The minimum absolute atomic E-state index is 0.213. The Balaban J connectivity index is 2.13. The SMILES string of the molecule is COCCCNC(c1cccs1)c1ccccc1S. The molecule has 2 rings (SSSR count). The van der Waals surface area contributed by atoms with Gasteiger partial charge in [-0.05, 0) is 36.0 Å². The lowest BCUT2D eigenvalue weighted by Crippen LogP contribution is -2.24. The molecule has 4 heteroatoms. The van der Waals surface area contributed by atoms with E-state index in [0.29, 0.717) is 0 Å². The molecule has 102 valence electrons. The molecule has 0 saturated carbocycles. The van der Waals surface area contributed by atoms with Crippen molar-refractivity contribution in [3.8, 4) is 0 Å². The van der Waals surface area contributed by atoms with Crippen LogP contribution < -0.4 is 5.32 Å². The van der Waals surface area contributed by atoms with Gasteiger partial charge in [0.2, 0.25) is 0 Å². The number of rotatable bonds is 7. The van der Waals surface area contributed by atoms with Crippen molar-refractivity contribution in [2.45, 2.75) is 17.4 Å². The highest BCUT2D eigenvalue weighted by molar-refractivity contribution is 7.80. The van der Waals surface area contributed by atoms with Gasteiger partial charge in [0.25, 0.3) is 0 Å². The number of thiol groups is 1. The second-order valence-electron chi connectivity index (χ2n) is 4.31. The molecule has 0 fully saturated rings. The highest BCUT2D eigenvalue weighted by atomic mass is 32.1. The molecule has 1 N–H and O–H groups in total. The smallest absolute Gasteiger partial charge is 0.0681 e. The van der Waals surface area contributed by atoms with Crippen molar-refractivity contribution < 1.29 is 4.74 Å². The van der Waals surface area contributed by atoms with Gasteiger partial charge in [0.15, 0.2) is 0 Å². The zero-order valence-corrected chi connectivity index (χ0v) is 12.7. The molecule has 0 radical (unpaired) electrons. The van der Waals surface area contributed by atoms with Crippen LogP contribution in [-0.2, 0) is 4.74 Å². The maximum atomic E-state index is 5.09. The van der Waals surface area contributed by atoms with Gasteiger partial charge in [-0.25, -0.2) is 0 Å². The molecule has 1 unspecified atom stereocenters. The predicted octanol–water partition coefficient (Wildman–Crippen LogP) is 3.75. The van der Waals surface area contributed by atoms with Crippen molar-refractivity contribution >= 4 is 24.0 Å². The zero-order chi connectivity index (χ0) is 13.5. The van der Waals surface area contributed by atoms with E-state index in [4.69, 9.17) is 4.74 Å². The van der Waals surface area contributed by atoms with E-state index < -0.39 is 0 Å². The lowest BCUT2D eigenvalue weighted by molar-refractivity contribution is 0.193. The van der Waals surface area contributed by atoms with Crippen LogP contribution in [0.3, 0.4) is 0 Å². The number of methoxy groups -OCH3 is 1. The molecule has 0 aliphatic rings. The van der Waals surface area contributed by atoms with E-state index in [1.54, 1.807) is 18.4 Å². The van der Waals surface area contributed by atoms with Gasteiger partial charge < -0.3 is 10.1 Å². The van der Waals surface area contributed by atoms with Gasteiger partial charge in [0.05, 0.1) is 6.04 Å². The molecule has 0 saturated heterocycles. The summed E-state index contributed by atoms with van der Waals surface area (Å²) in [6.07, 6.45) is 1.01. The molecular formula is C15H19NOS2. The Hall–Kier alpha value is -0.810. The van der Waals surface area contributed by atoms with Crippen LogP contribution in [0.4, 0.5) is 0 Å². The van der Waals surface area contributed by atoms with Crippen molar-refractivity contribution in [2.75, 3.05) is 20.3 Å². The van der Waals surface area contributed by atoms with Gasteiger partial charge in [-0.2, -0.15) is 0 Å². The van der Waals surface area contributed by atoms with E-state index in [1.165, 1.54) is 10.4 Å². The lowest BCUT2D eigenvalue weighted by Gasteiger charge is -2.19. The van der Waals surface area contributed by atoms with Gasteiger partial charge in [-0.15, -0.1) is 24.0 Å². The third-order valence-electron chi connectivity index (χ3n) is 2.95. The van der Waals surface area contributed by atoms with E-state index in [0.717, 1.165) is 24.5 Å². The van der Waals surface area contributed by atoms with E-state index in [2.05, 4.69) is 47.6 Å². The van der Waals surface area contributed by atoms with Crippen molar-refractivity contribution in [1.82, 2.24) is 5.32 Å². The largest absolute Gasteiger partial charge is 0.385 e. The molecule has 2 aromatic rings. The van der Waals surface area contributed by atoms with Crippen molar-refractivity contribution in [3.05, 3.63) is 52.2 Å². The van der Waals surface area contributed by atoms with Crippen LogP contribution in [-0.4, -0.2) is 20.3 Å². The fourth-order valence-electron chi connectivity index (χ4n) is 2.01. The molecule has 1 heterocycles. The predicted molar refractivity (Wildman–Crippen MR) is 84.4 cm³/mol. The second-order valence-corrected chi connectivity index (χ2v) is 5.77. The first-order valence-corrected chi connectivity index (χ1v) is 7.69. The zero-order valence-electron chi connectivity index (χ0n) is 11.0. The molecule has 0 spiro atoms. The number of benzene rings is 1. The molecule has 19 heavy (non-hydrogen) atoms.